The van der Waals surface area contributed by atoms with Gasteiger partial charge in [-0.2, -0.15) is 0 Å². The smallest absolute Gasteiger partial charge is 0.307 e. The van der Waals surface area contributed by atoms with Crippen LogP contribution in [0.5, 0.6) is 0 Å². The van der Waals surface area contributed by atoms with E-state index in [4.69, 9.17) is 16.2 Å². The minimum absolute atomic E-state index is 0.00792. The van der Waals surface area contributed by atoms with Crippen LogP contribution in [0.15, 0.2) is 35.3 Å². The summed E-state index contributed by atoms with van der Waals surface area (Å²) in [6.07, 6.45) is 2.67. The lowest BCUT2D eigenvalue weighted by Gasteiger charge is -2.12. The molecule has 0 saturated heterocycles. The maximum atomic E-state index is 11.9. The molecule has 0 bridgehead atoms. The van der Waals surface area contributed by atoms with E-state index in [0.717, 1.165) is 31.2 Å². The lowest BCUT2D eigenvalue weighted by molar-refractivity contribution is -0.145. The van der Waals surface area contributed by atoms with Crippen LogP contribution in [0.4, 0.5) is 0 Å². The van der Waals surface area contributed by atoms with Crippen LogP contribution < -0.4 is 22.1 Å². The maximum Gasteiger partial charge on any atom is 0.307 e. The van der Waals surface area contributed by atoms with Gasteiger partial charge in [0.2, 0.25) is 11.8 Å². The SMILES string of the molecule is NC(N)=NCCCCCCC(=O)NCC[C@H](O)C(=O)NCCC(=O)OCc1ccccc1. The largest absolute Gasteiger partial charge is 0.461 e. The monoisotopic (exact) mass is 449 g/mol. The van der Waals surface area contributed by atoms with Crippen LogP contribution in [-0.4, -0.2) is 54.6 Å². The first-order valence-corrected chi connectivity index (χ1v) is 10.9. The Balaban J connectivity index is 2.03. The lowest BCUT2D eigenvalue weighted by atomic mass is 10.1. The van der Waals surface area contributed by atoms with E-state index in [9.17, 15) is 19.5 Å². The third-order valence-corrected chi connectivity index (χ3v) is 4.52. The number of benzene rings is 1. The summed E-state index contributed by atoms with van der Waals surface area (Å²) in [5, 5.41) is 15.0. The molecule has 0 aromatic heterocycles. The Hall–Kier alpha value is -3.14. The second-order valence-corrected chi connectivity index (χ2v) is 7.31. The third-order valence-electron chi connectivity index (χ3n) is 4.52. The van der Waals surface area contributed by atoms with Gasteiger partial charge in [0, 0.05) is 26.1 Å². The number of carbonyl (C=O) groups excluding carboxylic acids is 3. The van der Waals surface area contributed by atoms with Gasteiger partial charge in [0.15, 0.2) is 5.96 Å². The molecule has 0 aliphatic heterocycles. The van der Waals surface area contributed by atoms with E-state index in [-0.39, 0.29) is 44.4 Å². The molecule has 10 nitrogen and oxygen atoms in total. The summed E-state index contributed by atoms with van der Waals surface area (Å²) in [4.78, 5) is 39.2. The molecule has 32 heavy (non-hydrogen) atoms. The van der Waals surface area contributed by atoms with Crippen LogP contribution >= 0.6 is 0 Å². The van der Waals surface area contributed by atoms with Gasteiger partial charge in [0.05, 0.1) is 6.42 Å². The van der Waals surface area contributed by atoms with Crippen LogP contribution in [-0.2, 0) is 25.7 Å². The number of guanidine groups is 1. The maximum absolute atomic E-state index is 11.9. The van der Waals surface area contributed by atoms with Gasteiger partial charge in [-0.05, 0) is 24.8 Å². The van der Waals surface area contributed by atoms with Crippen molar-refractivity contribution in [3.63, 3.8) is 0 Å². The number of aliphatic hydroxyl groups is 1. The van der Waals surface area contributed by atoms with Crippen molar-refractivity contribution in [1.29, 1.82) is 0 Å². The zero-order valence-electron chi connectivity index (χ0n) is 18.4. The number of rotatable bonds is 16. The number of nitrogens with zero attached hydrogens (tertiary/aromatic N) is 1. The normalized spacial score (nSPS) is 11.3. The summed E-state index contributed by atoms with van der Waals surface area (Å²) < 4.78 is 5.11. The van der Waals surface area contributed by atoms with Crippen molar-refractivity contribution in [2.24, 2.45) is 16.5 Å². The topological polar surface area (TPSA) is 169 Å². The Labute approximate surface area is 188 Å². The van der Waals surface area contributed by atoms with Crippen molar-refractivity contribution in [3.8, 4) is 0 Å². The van der Waals surface area contributed by atoms with Crippen molar-refractivity contribution in [2.45, 2.75) is 57.7 Å². The second-order valence-electron chi connectivity index (χ2n) is 7.31. The Kier molecular flexibility index (Phi) is 13.9. The predicted molar refractivity (Wildman–Crippen MR) is 121 cm³/mol. The number of unbranched alkanes of at least 4 members (excludes halogenated alkanes) is 3. The number of hydrogen-bond donors (Lipinski definition) is 5. The summed E-state index contributed by atoms with van der Waals surface area (Å²) >= 11 is 0. The lowest BCUT2D eigenvalue weighted by Crippen LogP contribution is -2.38. The molecule has 10 heteroatoms. The fourth-order valence-corrected chi connectivity index (χ4v) is 2.74. The Morgan fingerprint density at radius 2 is 1.69 bits per heavy atom. The molecule has 7 N–H and O–H groups in total. The van der Waals surface area contributed by atoms with E-state index in [1.165, 1.54) is 0 Å². The number of ether oxygens (including phenoxy) is 1. The second kappa shape index (κ2) is 16.5. The van der Waals surface area contributed by atoms with Gasteiger partial charge < -0.3 is 31.9 Å². The van der Waals surface area contributed by atoms with Crippen molar-refractivity contribution < 1.29 is 24.2 Å². The summed E-state index contributed by atoms with van der Waals surface area (Å²) in [6, 6.07) is 9.28. The van der Waals surface area contributed by atoms with Crippen molar-refractivity contribution >= 4 is 23.7 Å². The average molecular weight is 450 g/mol. The van der Waals surface area contributed by atoms with E-state index < -0.39 is 18.0 Å². The number of aliphatic imine (C=N–C) groups is 1. The van der Waals surface area contributed by atoms with Gasteiger partial charge in [-0.3, -0.25) is 19.4 Å². The minimum atomic E-state index is -1.26. The van der Waals surface area contributed by atoms with Crippen LogP contribution in [0.3, 0.4) is 0 Å². The Bertz CT molecular complexity index is 723. The van der Waals surface area contributed by atoms with Gasteiger partial charge in [-0.25, -0.2) is 0 Å². The standard InChI is InChI=1S/C22H35N5O5/c23-22(24)27-13-7-2-1-6-10-19(29)25-14-11-18(28)21(31)26-15-12-20(30)32-16-17-8-4-3-5-9-17/h3-5,8-9,18,28H,1-2,6-7,10-16H2,(H,25,29)(H,26,31)(H4,23,24,27)/t18-/m0/s1. The Morgan fingerprint density at radius 1 is 0.969 bits per heavy atom. The van der Waals surface area contributed by atoms with Gasteiger partial charge >= 0.3 is 5.97 Å². The molecule has 1 rings (SSSR count). The van der Waals surface area contributed by atoms with Gasteiger partial charge in [0.25, 0.3) is 0 Å². The summed E-state index contributed by atoms with van der Waals surface area (Å²) in [6.45, 7) is 1.02. The molecule has 2 amide bonds. The minimum Gasteiger partial charge on any atom is -0.461 e. The van der Waals surface area contributed by atoms with Gasteiger partial charge in [0.1, 0.15) is 12.7 Å². The van der Waals surface area contributed by atoms with Crippen LogP contribution in [0.1, 0.15) is 50.5 Å². The van der Waals surface area contributed by atoms with Crippen molar-refractivity contribution in [3.05, 3.63) is 35.9 Å². The molecule has 1 atom stereocenters. The van der Waals surface area contributed by atoms with Gasteiger partial charge in [-0.1, -0.05) is 43.2 Å². The van der Waals surface area contributed by atoms with Crippen molar-refractivity contribution in [2.75, 3.05) is 19.6 Å². The zero-order chi connectivity index (χ0) is 23.6. The highest BCUT2D eigenvalue weighted by Crippen LogP contribution is 2.04. The molecule has 0 aliphatic carbocycles. The number of aliphatic hydroxyl groups excluding tert-OH is 1. The molecular formula is C22H35N5O5. The highest BCUT2D eigenvalue weighted by atomic mass is 16.5. The summed E-state index contributed by atoms with van der Waals surface area (Å²) in [5.74, 6) is -1.06. The molecule has 1 aromatic rings. The number of carbonyl (C=O) groups is 3. The van der Waals surface area contributed by atoms with Crippen molar-refractivity contribution in [1.82, 2.24) is 10.6 Å². The molecule has 0 spiro atoms. The van der Waals surface area contributed by atoms with E-state index in [1.807, 2.05) is 30.3 Å². The summed E-state index contributed by atoms with van der Waals surface area (Å²) in [7, 11) is 0. The quantitative estimate of drug-likeness (QED) is 0.105. The Morgan fingerprint density at radius 3 is 2.41 bits per heavy atom. The molecular weight excluding hydrogens is 414 g/mol. The molecule has 0 fully saturated rings. The number of nitrogens with one attached hydrogen (secondary N) is 2. The van der Waals surface area contributed by atoms with Crippen LogP contribution in [0, 0.1) is 0 Å². The van der Waals surface area contributed by atoms with Crippen LogP contribution in [0.25, 0.3) is 0 Å². The highest BCUT2D eigenvalue weighted by Gasteiger charge is 2.15. The molecule has 0 aliphatic rings. The van der Waals surface area contributed by atoms with Gasteiger partial charge in [-0.15, -0.1) is 0 Å². The molecule has 1 aromatic carbocycles. The first-order chi connectivity index (χ1) is 15.4. The molecule has 0 saturated carbocycles. The average Bonchev–Trinajstić information content (AvgIpc) is 2.77. The third kappa shape index (κ3) is 14.0. The van der Waals surface area contributed by atoms with E-state index in [2.05, 4.69) is 15.6 Å². The molecule has 0 heterocycles. The number of nitrogens with two attached hydrogens (primary N) is 2. The number of amides is 2. The number of hydrogen-bond acceptors (Lipinski definition) is 6. The first kappa shape index (κ1) is 26.9. The molecule has 0 unspecified atom stereocenters. The summed E-state index contributed by atoms with van der Waals surface area (Å²) in [5.41, 5.74) is 11.4. The fraction of sp³-hybridized carbons (Fsp3) is 0.545. The van der Waals surface area contributed by atoms with E-state index in [0.29, 0.717) is 13.0 Å². The highest BCUT2D eigenvalue weighted by molar-refractivity contribution is 5.81. The first-order valence-electron chi connectivity index (χ1n) is 10.9. The zero-order valence-corrected chi connectivity index (χ0v) is 18.4. The molecule has 0 radical (unpaired) electrons. The molecule has 178 valence electrons. The van der Waals surface area contributed by atoms with Crippen LogP contribution in [0.2, 0.25) is 0 Å². The predicted octanol–water partition coefficient (Wildman–Crippen LogP) is 0.327. The van der Waals surface area contributed by atoms with E-state index >= 15 is 0 Å². The van der Waals surface area contributed by atoms with E-state index in [1.54, 1.807) is 0 Å². The number of esters is 1. The fourth-order valence-electron chi connectivity index (χ4n) is 2.74.